The van der Waals surface area contributed by atoms with E-state index in [0.29, 0.717) is 32.0 Å². The van der Waals surface area contributed by atoms with E-state index in [2.05, 4.69) is 31.9 Å². The zero-order valence-electron chi connectivity index (χ0n) is 68.5. The summed E-state index contributed by atoms with van der Waals surface area (Å²) in [5.74, 6) is -4.71. The van der Waals surface area contributed by atoms with E-state index in [9.17, 15) is 114 Å². The minimum Gasteiger partial charge on any atom is -0.506 e. The molecule has 18 rings (SSSR count). The van der Waals surface area contributed by atoms with E-state index in [4.69, 9.17) is 17.7 Å². The Balaban J connectivity index is 0.000000136. The molecular weight excluding hydrogens is 1990 g/mol. The van der Waals surface area contributed by atoms with Crippen LogP contribution in [0.25, 0.3) is 87.5 Å². The van der Waals surface area contributed by atoms with Crippen LogP contribution in [0.4, 0.5) is 22.0 Å². The van der Waals surface area contributed by atoms with E-state index in [1.54, 1.807) is 30.3 Å². The number of sulfone groups is 4. The quantitative estimate of drug-likeness (QED) is 0.0515. The van der Waals surface area contributed by atoms with Gasteiger partial charge in [0.1, 0.15) is 69.4 Å². The molecule has 0 radical (unpaired) electrons. The predicted molar refractivity (Wildman–Crippen MR) is 495 cm³/mol. The van der Waals surface area contributed by atoms with Crippen molar-refractivity contribution in [3.05, 3.63) is 368 Å². The van der Waals surface area contributed by atoms with Crippen molar-refractivity contribution in [2.75, 3.05) is 25.0 Å². The van der Waals surface area contributed by atoms with Gasteiger partial charge in [-0.05, 0) is 206 Å². The molecule has 0 spiro atoms. The monoisotopic (exact) mass is 2050 g/mol. The van der Waals surface area contributed by atoms with Crippen LogP contribution in [0.15, 0.2) is 329 Å². The van der Waals surface area contributed by atoms with Gasteiger partial charge in [0, 0.05) is 56.4 Å². The lowest BCUT2D eigenvalue weighted by atomic mass is 10.1. The van der Waals surface area contributed by atoms with Gasteiger partial charge in [-0.3, -0.25) is 19.2 Å². The first-order valence-corrected chi connectivity index (χ1v) is 49.3. The Labute approximate surface area is 769 Å². The topological polar surface area (TPSA) is 426 Å². The van der Waals surface area contributed by atoms with Crippen LogP contribution in [0, 0.1) is 29.1 Å². The molecule has 0 fully saturated rings. The molecule has 41 heteroatoms. The zero-order valence-corrected chi connectivity index (χ0v) is 76.6. The minimum atomic E-state index is -3.66. The van der Waals surface area contributed by atoms with Crippen molar-refractivity contribution < 1.29 is 93.7 Å². The number of benzene rings is 10. The Morgan fingerprint density at radius 3 is 0.895 bits per heavy atom. The van der Waals surface area contributed by atoms with E-state index in [-0.39, 0.29) is 152 Å². The Hall–Kier alpha value is -13.8. The SMILES string of the molecule is CS(=O)(=O)c1ccc2c(c1)c1oc(=O)c(Br)c(O)c1c(=O)n2Cc1ccc(F)cc1.CS(=O)(=O)c1ccc2c3oc(=O)c(Br)c(O)c3c(=O)n(Cc3ccc(F)cc3)c2c1.CS(=O)(=O)c1ccc2c3oc(=O)c(Sc4cccc(F)c4)c(O)c3c(=O)n(Cc3ccc(F)cc3)c2c1.CS(=O)(=O)c1ccc2c3oc(=O)c(Sc4ccccc4)c(O)c3c(=O)n(Cc3ccc(F)cc3)c2c1. The van der Waals surface area contributed by atoms with E-state index >= 15 is 0 Å². The van der Waals surface area contributed by atoms with Crippen LogP contribution in [0.3, 0.4) is 0 Å². The van der Waals surface area contributed by atoms with Crippen LogP contribution in [0.1, 0.15) is 22.3 Å². The Bertz CT molecular complexity index is 8980. The minimum absolute atomic E-state index is 0.0138. The third-order valence-corrected chi connectivity index (χ3v) is 28.7. The number of hydrogen-bond donors (Lipinski definition) is 4. The van der Waals surface area contributed by atoms with Crippen LogP contribution in [-0.2, 0) is 65.5 Å². The molecule has 8 aromatic heterocycles. The molecule has 678 valence electrons. The number of fused-ring (bicyclic) bond motifs is 12. The van der Waals surface area contributed by atoms with Crippen molar-refractivity contribution in [1.29, 1.82) is 0 Å². The maximum absolute atomic E-state index is 13.7. The lowest BCUT2D eigenvalue weighted by molar-refractivity contribution is 0.446. The maximum atomic E-state index is 13.7. The second-order valence-corrected chi connectivity index (χ2v) is 41.7. The lowest BCUT2D eigenvalue weighted by Gasteiger charge is -2.15. The molecule has 18 aromatic rings. The van der Waals surface area contributed by atoms with Crippen LogP contribution in [-0.4, -0.2) is 97.4 Å². The van der Waals surface area contributed by atoms with Crippen LogP contribution >= 0.6 is 55.4 Å². The molecule has 133 heavy (non-hydrogen) atoms. The molecule has 0 unspecified atom stereocenters. The van der Waals surface area contributed by atoms with Crippen molar-refractivity contribution in [3.8, 4) is 23.0 Å². The van der Waals surface area contributed by atoms with E-state index in [1.807, 2.05) is 0 Å². The van der Waals surface area contributed by atoms with Gasteiger partial charge in [0.15, 0.2) is 84.7 Å². The highest BCUT2D eigenvalue weighted by Gasteiger charge is 2.30. The summed E-state index contributed by atoms with van der Waals surface area (Å²) in [4.78, 5) is 104. The van der Waals surface area contributed by atoms with Crippen molar-refractivity contribution in [3.63, 3.8) is 0 Å². The molecular formula is C92H61Br2F5N4O24S6. The molecule has 0 atom stereocenters. The number of aromatic nitrogens is 4. The highest BCUT2D eigenvalue weighted by Crippen LogP contribution is 2.42. The van der Waals surface area contributed by atoms with Gasteiger partial charge in [-0.25, -0.2) is 74.8 Å². The first kappa shape index (κ1) is 93.9. The number of hydrogen-bond acceptors (Lipinski definition) is 26. The standard InChI is InChI=1S/C26H17F2NO6S2.C26H18FNO6S2.2C20H13BrFNO6S/c1-37(33,34)18-9-10-19-20(12-18)29(13-14-5-7-15(27)8-6-14)25(31)21-22(30)24(26(32)35-23(19)21)36-17-4-2-3-16(28)11-17;1-36(32,33)18-11-12-19-20(13-18)28(14-15-7-9-16(27)10-8-15)25(30)21-22(29)24(26(31)34-23(19)21)35-17-5-3-2-4-6-17;1-30(27,28)12-6-7-14-13(8-12)18-15(17(24)16(21)20(26)29-18)19(25)23(14)9-10-2-4-11(22)5-3-10;1-30(27,28)12-6-7-13-14(8-12)23(9-10-2-4-11(22)5-3-10)19(25)15-17(24)16(21)20(26)29-18(13)15/h2-12,30H,13H2,1H3;2-13,29H,14H2,1H3;2*2-8,24H,9H2,1H3. The average Bonchev–Trinajstić information content (AvgIpc) is 0.746. The van der Waals surface area contributed by atoms with Crippen LogP contribution < -0.4 is 44.7 Å². The summed E-state index contributed by atoms with van der Waals surface area (Å²) in [6, 6.07) is 52.1. The summed E-state index contributed by atoms with van der Waals surface area (Å²) in [6.45, 7) is -0.156. The molecule has 28 nitrogen and oxygen atoms in total. The predicted octanol–water partition coefficient (Wildman–Crippen LogP) is 15.6. The molecule has 4 N–H and O–H groups in total. The highest BCUT2D eigenvalue weighted by molar-refractivity contribution is 9.11. The summed E-state index contributed by atoms with van der Waals surface area (Å²) in [6.07, 6.45) is 4.10. The van der Waals surface area contributed by atoms with Gasteiger partial charge in [0.05, 0.1) is 67.8 Å². The molecule has 0 saturated carbocycles. The number of halogens is 7. The molecule has 0 bridgehead atoms. The van der Waals surface area contributed by atoms with Gasteiger partial charge < -0.3 is 56.4 Å². The van der Waals surface area contributed by atoms with Gasteiger partial charge in [-0.1, -0.05) is 96.3 Å². The third-order valence-electron chi connectivity index (χ3n) is 20.8. The van der Waals surface area contributed by atoms with Crippen molar-refractivity contribution >= 4 is 182 Å². The summed E-state index contributed by atoms with van der Waals surface area (Å²) >= 11 is 7.51. The van der Waals surface area contributed by atoms with Crippen LogP contribution in [0.5, 0.6) is 23.0 Å². The fourth-order valence-corrected chi connectivity index (χ4v) is 19.2. The zero-order chi connectivity index (χ0) is 95.7. The van der Waals surface area contributed by atoms with E-state index < -0.39 is 136 Å². The van der Waals surface area contributed by atoms with Gasteiger partial charge in [-0.2, -0.15) is 0 Å². The number of nitrogens with zero attached hydrogens (tertiary/aromatic N) is 4. The summed E-state index contributed by atoms with van der Waals surface area (Å²) in [5, 5.41) is 42.9. The third kappa shape index (κ3) is 19.2. The summed E-state index contributed by atoms with van der Waals surface area (Å²) < 4.78 is 190. The normalized spacial score (nSPS) is 11.9. The number of aromatic hydroxyl groups is 4. The average molecular weight is 2050 g/mol. The highest BCUT2D eigenvalue weighted by atomic mass is 79.9. The van der Waals surface area contributed by atoms with Crippen molar-refractivity contribution in [1.82, 2.24) is 18.3 Å². The second-order valence-electron chi connectivity index (χ2n) is 29.9. The Morgan fingerprint density at radius 1 is 0.293 bits per heavy atom. The number of rotatable bonds is 16. The molecule has 0 aliphatic rings. The summed E-state index contributed by atoms with van der Waals surface area (Å²) in [7, 11) is -14.5. The number of pyridine rings is 4. The molecule has 8 heterocycles. The molecule has 0 aliphatic carbocycles. The smallest absolute Gasteiger partial charge is 0.354 e. The van der Waals surface area contributed by atoms with Gasteiger partial charge in [0.25, 0.3) is 22.2 Å². The first-order chi connectivity index (χ1) is 62.8. The molecule has 0 amide bonds. The van der Waals surface area contributed by atoms with E-state index in [1.165, 1.54) is 206 Å². The second kappa shape index (κ2) is 36.7. The summed E-state index contributed by atoms with van der Waals surface area (Å²) in [5.41, 5.74) is -4.09. The molecule has 0 aliphatic heterocycles. The Morgan fingerprint density at radius 2 is 0.571 bits per heavy atom. The van der Waals surface area contributed by atoms with Gasteiger partial charge >= 0.3 is 22.5 Å². The molecule has 10 aromatic carbocycles. The maximum Gasteiger partial charge on any atom is 0.354 e. The fraction of sp³-hybridized carbons (Fsp3) is 0.0870. The van der Waals surface area contributed by atoms with E-state index in [0.717, 1.165) is 54.6 Å². The Kier molecular flexibility index (Phi) is 25.9. The van der Waals surface area contributed by atoms with Gasteiger partial charge in [-0.15, -0.1) is 0 Å². The first-order valence-electron chi connectivity index (χ1n) is 38.5. The van der Waals surface area contributed by atoms with Gasteiger partial charge in [0.2, 0.25) is 0 Å². The largest absolute Gasteiger partial charge is 0.506 e. The fourth-order valence-electron chi connectivity index (χ4n) is 14.3. The van der Waals surface area contributed by atoms with Crippen LogP contribution in [0.2, 0.25) is 0 Å². The van der Waals surface area contributed by atoms with Crippen molar-refractivity contribution in [2.45, 2.75) is 65.3 Å². The lowest BCUT2D eigenvalue weighted by Crippen LogP contribution is -2.23. The van der Waals surface area contributed by atoms with Crippen molar-refractivity contribution in [2.24, 2.45) is 0 Å². The molecule has 0 saturated heterocycles.